The third kappa shape index (κ3) is 2.08. The first-order valence-corrected chi connectivity index (χ1v) is 4.95. The van der Waals surface area contributed by atoms with Crippen LogP contribution in [0.3, 0.4) is 0 Å². The molecule has 0 saturated carbocycles. The van der Waals surface area contributed by atoms with Crippen LogP contribution >= 0.6 is 0 Å². The van der Waals surface area contributed by atoms with E-state index in [1.165, 1.54) is 0 Å². The van der Waals surface area contributed by atoms with Crippen LogP contribution in [0.15, 0.2) is 12.3 Å². The average molecular weight is 192 g/mol. The lowest BCUT2D eigenvalue weighted by Gasteiger charge is -2.35. The first kappa shape index (κ1) is 9.55. The van der Waals surface area contributed by atoms with Gasteiger partial charge in [0.1, 0.15) is 5.82 Å². The van der Waals surface area contributed by atoms with Gasteiger partial charge in [0.15, 0.2) is 0 Å². The van der Waals surface area contributed by atoms with Gasteiger partial charge in [0.05, 0.1) is 5.69 Å². The molecule has 1 aliphatic rings. The fourth-order valence-corrected chi connectivity index (χ4v) is 1.56. The number of nitrogens with one attached hydrogen (secondary N) is 1. The topological polar surface area (TPSA) is 41.1 Å². The van der Waals surface area contributed by atoms with Gasteiger partial charge in [-0.3, -0.25) is 4.90 Å². The first-order chi connectivity index (χ1) is 6.75. The Bertz CT molecular complexity index is 309. The lowest BCUT2D eigenvalue weighted by atomic mass is 10.1. The zero-order valence-corrected chi connectivity index (χ0v) is 8.70. The van der Waals surface area contributed by atoms with E-state index in [9.17, 15) is 0 Å². The Kier molecular flexibility index (Phi) is 2.74. The number of hydrogen-bond donors (Lipinski definition) is 1. The first-order valence-electron chi connectivity index (χ1n) is 4.95. The van der Waals surface area contributed by atoms with Crippen molar-refractivity contribution in [2.24, 2.45) is 0 Å². The second-order valence-electron chi connectivity index (χ2n) is 3.82. The summed E-state index contributed by atoms with van der Waals surface area (Å²) in [5.41, 5.74) is 1.10. The standard InChI is InChI=1S/C10H16N4/c1-8-12-4-3-9(13-8)7-14(2)10-5-11-6-10/h3-4,10-11H,5-7H2,1-2H3. The van der Waals surface area contributed by atoms with Crippen molar-refractivity contribution in [2.75, 3.05) is 20.1 Å². The molecule has 0 radical (unpaired) electrons. The van der Waals surface area contributed by atoms with E-state index < -0.39 is 0 Å². The third-order valence-electron chi connectivity index (χ3n) is 2.63. The van der Waals surface area contributed by atoms with Gasteiger partial charge in [-0.05, 0) is 20.0 Å². The van der Waals surface area contributed by atoms with Gasteiger partial charge in [-0.1, -0.05) is 0 Å². The molecule has 0 atom stereocenters. The van der Waals surface area contributed by atoms with Crippen molar-refractivity contribution in [2.45, 2.75) is 19.5 Å². The molecule has 0 aliphatic carbocycles. The number of aromatic nitrogens is 2. The third-order valence-corrected chi connectivity index (χ3v) is 2.63. The molecule has 2 rings (SSSR count). The highest BCUT2D eigenvalue weighted by Crippen LogP contribution is 2.06. The summed E-state index contributed by atoms with van der Waals surface area (Å²) in [6.07, 6.45) is 1.82. The van der Waals surface area contributed by atoms with E-state index in [4.69, 9.17) is 0 Å². The normalized spacial score (nSPS) is 17.1. The lowest BCUT2D eigenvalue weighted by Crippen LogP contribution is -2.55. The van der Waals surface area contributed by atoms with Crippen LogP contribution in [-0.2, 0) is 6.54 Å². The average Bonchev–Trinajstić information content (AvgIpc) is 1.99. The van der Waals surface area contributed by atoms with Gasteiger partial charge in [-0.15, -0.1) is 0 Å². The molecule has 1 saturated heterocycles. The molecule has 0 aromatic carbocycles. The molecule has 0 unspecified atom stereocenters. The van der Waals surface area contributed by atoms with E-state index in [2.05, 4.69) is 27.2 Å². The summed E-state index contributed by atoms with van der Waals surface area (Å²) in [5.74, 6) is 0.850. The van der Waals surface area contributed by atoms with Crippen LogP contribution in [0.2, 0.25) is 0 Å². The lowest BCUT2D eigenvalue weighted by molar-refractivity contribution is 0.171. The molecular weight excluding hydrogens is 176 g/mol. The molecule has 0 amide bonds. The zero-order chi connectivity index (χ0) is 9.97. The molecule has 4 heteroatoms. The van der Waals surface area contributed by atoms with Crippen LogP contribution in [0, 0.1) is 6.92 Å². The zero-order valence-electron chi connectivity index (χ0n) is 8.70. The maximum absolute atomic E-state index is 4.38. The summed E-state index contributed by atoms with van der Waals surface area (Å²) >= 11 is 0. The van der Waals surface area contributed by atoms with Crippen molar-refractivity contribution in [1.29, 1.82) is 0 Å². The number of nitrogens with zero attached hydrogens (tertiary/aromatic N) is 3. The quantitative estimate of drug-likeness (QED) is 0.742. The minimum absolute atomic E-state index is 0.672. The fraction of sp³-hybridized carbons (Fsp3) is 0.600. The molecule has 1 fully saturated rings. The van der Waals surface area contributed by atoms with Crippen molar-refractivity contribution in [1.82, 2.24) is 20.2 Å². The summed E-state index contributed by atoms with van der Waals surface area (Å²) in [6.45, 7) is 5.03. The summed E-state index contributed by atoms with van der Waals surface area (Å²) in [5, 5.41) is 3.26. The Morgan fingerprint density at radius 2 is 2.36 bits per heavy atom. The van der Waals surface area contributed by atoms with Crippen LogP contribution in [0.4, 0.5) is 0 Å². The van der Waals surface area contributed by atoms with E-state index >= 15 is 0 Å². The van der Waals surface area contributed by atoms with Crippen molar-refractivity contribution in [3.63, 3.8) is 0 Å². The van der Waals surface area contributed by atoms with Gasteiger partial charge in [0.2, 0.25) is 0 Å². The monoisotopic (exact) mass is 192 g/mol. The van der Waals surface area contributed by atoms with E-state index in [0.29, 0.717) is 6.04 Å². The van der Waals surface area contributed by atoms with Crippen molar-refractivity contribution >= 4 is 0 Å². The number of hydrogen-bond acceptors (Lipinski definition) is 4. The van der Waals surface area contributed by atoms with Gasteiger partial charge in [-0.25, -0.2) is 9.97 Å². The maximum atomic E-state index is 4.38. The van der Waals surface area contributed by atoms with Crippen LogP contribution in [0.1, 0.15) is 11.5 Å². The van der Waals surface area contributed by atoms with Crippen molar-refractivity contribution in [3.05, 3.63) is 23.8 Å². The Morgan fingerprint density at radius 1 is 1.57 bits per heavy atom. The number of likely N-dealkylation sites (N-methyl/N-ethyl adjacent to an activating group) is 1. The molecule has 14 heavy (non-hydrogen) atoms. The Morgan fingerprint density at radius 3 is 2.93 bits per heavy atom. The second kappa shape index (κ2) is 4.02. The molecule has 1 aromatic heterocycles. The van der Waals surface area contributed by atoms with Gasteiger partial charge >= 0.3 is 0 Å². The molecule has 2 heterocycles. The number of aryl methyl sites for hydroxylation is 1. The Balaban J connectivity index is 1.95. The molecular formula is C10H16N4. The summed E-state index contributed by atoms with van der Waals surface area (Å²) in [6, 6.07) is 2.65. The molecule has 1 aliphatic heterocycles. The van der Waals surface area contributed by atoms with E-state index in [0.717, 1.165) is 31.2 Å². The summed E-state index contributed by atoms with van der Waals surface area (Å²) < 4.78 is 0. The highest BCUT2D eigenvalue weighted by molar-refractivity contribution is 5.02. The molecule has 76 valence electrons. The minimum Gasteiger partial charge on any atom is -0.314 e. The van der Waals surface area contributed by atoms with E-state index in [-0.39, 0.29) is 0 Å². The Labute approximate surface area is 84.4 Å². The van der Waals surface area contributed by atoms with Gasteiger partial charge in [0.25, 0.3) is 0 Å². The minimum atomic E-state index is 0.672. The molecule has 4 nitrogen and oxygen atoms in total. The highest BCUT2D eigenvalue weighted by atomic mass is 15.2. The molecule has 0 spiro atoms. The molecule has 0 bridgehead atoms. The summed E-state index contributed by atoms with van der Waals surface area (Å²) in [7, 11) is 2.14. The molecule has 1 N–H and O–H groups in total. The van der Waals surface area contributed by atoms with Crippen molar-refractivity contribution in [3.8, 4) is 0 Å². The predicted molar refractivity (Wildman–Crippen MR) is 54.9 cm³/mol. The van der Waals surface area contributed by atoms with Gasteiger partial charge in [0, 0.05) is 31.9 Å². The van der Waals surface area contributed by atoms with Crippen molar-refractivity contribution < 1.29 is 0 Å². The molecule has 1 aromatic rings. The predicted octanol–water partition coefficient (Wildman–Crippen LogP) is 0.189. The maximum Gasteiger partial charge on any atom is 0.125 e. The summed E-state index contributed by atoms with van der Waals surface area (Å²) in [4.78, 5) is 10.8. The SMILES string of the molecule is Cc1nccc(CN(C)C2CNC2)n1. The smallest absolute Gasteiger partial charge is 0.125 e. The Hall–Kier alpha value is -1.00. The van der Waals surface area contributed by atoms with Gasteiger partial charge in [-0.2, -0.15) is 0 Å². The highest BCUT2D eigenvalue weighted by Gasteiger charge is 2.21. The fourth-order valence-electron chi connectivity index (χ4n) is 1.56. The second-order valence-corrected chi connectivity index (χ2v) is 3.82. The van der Waals surface area contributed by atoms with Crippen LogP contribution < -0.4 is 5.32 Å². The van der Waals surface area contributed by atoms with Gasteiger partial charge < -0.3 is 5.32 Å². The van der Waals surface area contributed by atoms with Crippen LogP contribution in [0.5, 0.6) is 0 Å². The largest absolute Gasteiger partial charge is 0.314 e. The van der Waals surface area contributed by atoms with E-state index in [1.807, 2.05) is 19.2 Å². The van der Waals surface area contributed by atoms with Crippen LogP contribution in [-0.4, -0.2) is 41.0 Å². The van der Waals surface area contributed by atoms with E-state index in [1.54, 1.807) is 0 Å². The van der Waals surface area contributed by atoms with Crippen LogP contribution in [0.25, 0.3) is 0 Å². The number of rotatable bonds is 3.